The Morgan fingerprint density at radius 2 is 2.13 bits per heavy atom. The number of likely N-dealkylation sites (tertiary alicyclic amines) is 1. The number of carbonyl (C=O) groups excluding carboxylic acids is 1. The molecule has 23 heavy (non-hydrogen) atoms. The summed E-state index contributed by atoms with van der Waals surface area (Å²) in [6, 6.07) is 10.0. The SMILES string of the molecule is O=C(Cc1cccs1)N1CCCC(COc2ccc(F)cc2)C1. The molecule has 3 rings (SSSR count). The molecule has 3 nitrogen and oxygen atoms in total. The van der Waals surface area contributed by atoms with Crippen molar-refractivity contribution in [3.05, 3.63) is 52.5 Å². The predicted molar refractivity (Wildman–Crippen MR) is 89.2 cm³/mol. The number of rotatable bonds is 5. The second kappa shape index (κ2) is 7.59. The van der Waals surface area contributed by atoms with E-state index in [9.17, 15) is 9.18 Å². The summed E-state index contributed by atoms with van der Waals surface area (Å²) in [6.45, 7) is 2.14. The van der Waals surface area contributed by atoms with Crippen molar-refractivity contribution in [1.82, 2.24) is 4.90 Å². The van der Waals surface area contributed by atoms with E-state index in [1.165, 1.54) is 12.1 Å². The summed E-state index contributed by atoms with van der Waals surface area (Å²) >= 11 is 1.62. The van der Waals surface area contributed by atoms with Crippen molar-refractivity contribution in [2.24, 2.45) is 5.92 Å². The van der Waals surface area contributed by atoms with Crippen LogP contribution in [0, 0.1) is 11.7 Å². The normalized spacial score (nSPS) is 18.0. The lowest BCUT2D eigenvalue weighted by Gasteiger charge is -2.32. The highest BCUT2D eigenvalue weighted by Gasteiger charge is 2.24. The third-order valence-corrected chi connectivity index (χ3v) is 4.95. The van der Waals surface area contributed by atoms with Crippen molar-refractivity contribution in [3.8, 4) is 5.75 Å². The molecule has 0 aliphatic carbocycles. The minimum atomic E-state index is -0.264. The van der Waals surface area contributed by atoms with Gasteiger partial charge in [-0.3, -0.25) is 4.79 Å². The third-order valence-electron chi connectivity index (χ3n) is 4.08. The highest BCUT2D eigenvalue weighted by Crippen LogP contribution is 2.20. The molecule has 1 aliphatic rings. The van der Waals surface area contributed by atoms with E-state index < -0.39 is 0 Å². The van der Waals surface area contributed by atoms with E-state index >= 15 is 0 Å². The lowest BCUT2D eigenvalue weighted by atomic mass is 9.98. The zero-order chi connectivity index (χ0) is 16.1. The number of nitrogens with zero attached hydrogens (tertiary/aromatic N) is 1. The van der Waals surface area contributed by atoms with Crippen LogP contribution in [0.15, 0.2) is 41.8 Å². The zero-order valence-corrected chi connectivity index (χ0v) is 13.7. The molecular formula is C18H20FNO2S. The first-order valence-corrected chi connectivity index (χ1v) is 8.77. The number of carbonyl (C=O) groups is 1. The molecule has 0 N–H and O–H groups in total. The Kier molecular flexibility index (Phi) is 5.28. The summed E-state index contributed by atoms with van der Waals surface area (Å²) in [6.07, 6.45) is 2.56. The molecule has 2 heterocycles. The van der Waals surface area contributed by atoms with Gasteiger partial charge in [0.2, 0.25) is 5.91 Å². The number of ether oxygens (including phenoxy) is 1. The van der Waals surface area contributed by atoms with Crippen molar-refractivity contribution in [3.63, 3.8) is 0 Å². The summed E-state index contributed by atoms with van der Waals surface area (Å²) in [5.41, 5.74) is 0. The molecule has 5 heteroatoms. The van der Waals surface area contributed by atoms with E-state index in [0.29, 0.717) is 24.7 Å². The minimum absolute atomic E-state index is 0.193. The Bertz CT molecular complexity index is 627. The van der Waals surface area contributed by atoms with Gasteiger partial charge in [0.05, 0.1) is 13.0 Å². The smallest absolute Gasteiger partial charge is 0.227 e. The highest BCUT2D eigenvalue weighted by atomic mass is 32.1. The average Bonchev–Trinajstić information content (AvgIpc) is 3.07. The zero-order valence-electron chi connectivity index (χ0n) is 12.9. The number of hydrogen-bond donors (Lipinski definition) is 0. The van der Waals surface area contributed by atoms with Gasteiger partial charge >= 0.3 is 0 Å². The molecule has 1 fully saturated rings. The number of hydrogen-bond acceptors (Lipinski definition) is 3. The third kappa shape index (κ3) is 4.55. The minimum Gasteiger partial charge on any atom is -0.493 e. The van der Waals surface area contributed by atoms with Gasteiger partial charge < -0.3 is 9.64 Å². The number of benzene rings is 1. The van der Waals surface area contributed by atoms with Crippen LogP contribution in [0.3, 0.4) is 0 Å². The van der Waals surface area contributed by atoms with E-state index in [1.54, 1.807) is 23.5 Å². The van der Waals surface area contributed by atoms with E-state index in [4.69, 9.17) is 4.74 Å². The molecule has 1 unspecified atom stereocenters. The fourth-order valence-electron chi connectivity index (χ4n) is 2.85. The summed E-state index contributed by atoms with van der Waals surface area (Å²) in [4.78, 5) is 15.4. The molecule has 1 aromatic heterocycles. The second-order valence-corrected chi connectivity index (χ2v) is 6.90. The van der Waals surface area contributed by atoms with Crippen LogP contribution < -0.4 is 4.74 Å². The van der Waals surface area contributed by atoms with Crippen molar-refractivity contribution in [2.45, 2.75) is 19.3 Å². The molecule has 2 aromatic rings. The van der Waals surface area contributed by atoms with Crippen LogP contribution in [-0.2, 0) is 11.2 Å². The Balaban J connectivity index is 1.49. The first kappa shape index (κ1) is 16.0. The number of amides is 1. The first-order valence-electron chi connectivity index (χ1n) is 7.89. The summed E-state index contributed by atoms with van der Waals surface area (Å²) in [7, 11) is 0. The Morgan fingerprint density at radius 1 is 1.30 bits per heavy atom. The van der Waals surface area contributed by atoms with Gasteiger partial charge in [0, 0.05) is 23.9 Å². The van der Waals surface area contributed by atoms with Crippen LogP contribution in [0.25, 0.3) is 0 Å². The number of piperidine rings is 1. The Morgan fingerprint density at radius 3 is 2.87 bits per heavy atom. The van der Waals surface area contributed by atoms with Gasteiger partial charge in [0.15, 0.2) is 0 Å². The van der Waals surface area contributed by atoms with Gasteiger partial charge in [-0.05, 0) is 48.6 Å². The molecule has 1 amide bonds. The molecule has 1 atom stereocenters. The lowest BCUT2D eigenvalue weighted by molar-refractivity contribution is -0.132. The Labute approximate surface area is 139 Å². The maximum absolute atomic E-state index is 12.9. The molecule has 1 aromatic carbocycles. The molecule has 1 saturated heterocycles. The quantitative estimate of drug-likeness (QED) is 0.834. The fourth-order valence-corrected chi connectivity index (χ4v) is 3.54. The standard InChI is InChI=1S/C18H20FNO2S/c19-15-5-7-16(8-6-15)22-13-14-3-1-9-20(12-14)18(21)11-17-4-2-10-23-17/h2,4-8,10,14H,1,3,9,11-13H2. The van der Waals surface area contributed by atoms with Crippen molar-refractivity contribution < 1.29 is 13.9 Å². The number of halogens is 1. The van der Waals surface area contributed by atoms with E-state index in [0.717, 1.165) is 30.8 Å². The molecule has 0 saturated carbocycles. The second-order valence-electron chi connectivity index (χ2n) is 5.87. The van der Waals surface area contributed by atoms with Crippen LogP contribution in [0.2, 0.25) is 0 Å². The highest BCUT2D eigenvalue weighted by molar-refractivity contribution is 7.10. The molecule has 1 aliphatic heterocycles. The molecule has 0 radical (unpaired) electrons. The predicted octanol–water partition coefficient (Wildman–Crippen LogP) is 3.75. The van der Waals surface area contributed by atoms with Crippen LogP contribution in [-0.4, -0.2) is 30.5 Å². The molecule has 0 spiro atoms. The molecule has 0 bridgehead atoms. The van der Waals surface area contributed by atoms with E-state index in [1.807, 2.05) is 22.4 Å². The topological polar surface area (TPSA) is 29.5 Å². The van der Waals surface area contributed by atoms with Gasteiger partial charge in [-0.15, -0.1) is 11.3 Å². The van der Waals surface area contributed by atoms with Crippen LogP contribution in [0.4, 0.5) is 4.39 Å². The number of thiophene rings is 1. The van der Waals surface area contributed by atoms with Crippen molar-refractivity contribution >= 4 is 17.2 Å². The average molecular weight is 333 g/mol. The largest absolute Gasteiger partial charge is 0.493 e. The summed E-state index contributed by atoms with van der Waals surface area (Å²) < 4.78 is 18.6. The van der Waals surface area contributed by atoms with Gasteiger partial charge in [-0.2, -0.15) is 0 Å². The monoisotopic (exact) mass is 333 g/mol. The van der Waals surface area contributed by atoms with E-state index in [-0.39, 0.29) is 11.7 Å². The van der Waals surface area contributed by atoms with E-state index in [2.05, 4.69) is 0 Å². The van der Waals surface area contributed by atoms with Crippen LogP contribution in [0.5, 0.6) is 5.75 Å². The van der Waals surface area contributed by atoms with Crippen molar-refractivity contribution in [1.29, 1.82) is 0 Å². The summed E-state index contributed by atoms with van der Waals surface area (Å²) in [5.74, 6) is 0.939. The Hall–Kier alpha value is -1.88. The van der Waals surface area contributed by atoms with Crippen molar-refractivity contribution in [2.75, 3.05) is 19.7 Å². The van der Waals surface area contributed by atoms with Gasteiger partial charge in [-0.1, -0.05) is 6.07 Å². The first-order chi connectivity index (χ1) is 11.2. The fraction of sp³-hybridized carbons (Fsp3) is 0.389. The molecule has 122 valence electrons. The van der Waals surface area contributed by atoms with Gasteiger partial charge in [-0.25, -0.2) is 4.39 Å². The van der Waals surface area contributed by atoms with Gasteiger partial charge in [0.25, 0.3) is 0 Å². The lowest BCUT2D eigenvalue weighted by Crippen LogP contribution is -2.42. The van der Waals surface area contributed by atoms with Crippen LogP contribution >= 0.6 is 11.3 Å². The molecular weight excluding hydrogens is 313 g/mol. The van der Waals surface area contributed by atoms with Crippen LogP contribution in [0.1, 0.15) is 17.7 Å². The summed E-state index contributed by atoms with van der Waals surface area (Å²) in [5, 5.41) is 2.00. The maximum atomic E-state index is 12.9. The van der Waals surface area contributed by atoms with Gasteiger partial charge in [0.1, 0.15) is 11.6 Å². The maximum Gasteiger partial charge on any atom is 0.227 e.